The number of para-hydroxylation sites is 1. The van der Waals surface area contributed by atoms with Gasteiger partial charge in [-0.3, -0.25) is 4.18 Å². The highest BCUT2D eigenvalue weighted by molar-refractivity contribution is 7.86. The minimum absolute atomic E-state index is 0.000671. The molecule has 18 heavy (non-hydrogen) atoms. The molecule has 1 heterocycles. The Kier molecular flexibility index (Phi) is 3.03. The summed E-state index contributed by atoms with van der Waals surface area (Å²) in [6.07, 6.45) is -0.429. The zero-order valence-corrected chi connectivity index (χ0v) is 11.6. The van der Waals surface area contributed by atoms with Gasteiger partial charge in [-0.1, -0.05) is 6.07 Å². The maximum Gasteiger partial charge on any atom is 0.301 e. The molecule has 0 atom stereocenters. The Morgan fingerprint density at radius 3 is 2.50 bits per heavy atom. The molecule has 0 N–H and O–H groups in total. The summed E-state index contributed by atoms with van der Waals surface area (Å²) in [5.74, 6) is -0.247. The highest BCUT2D eigenvalue weighted by atomic mass is 32.2. The summed E-state index contributed by atoms with van der Waals surface area (Å²) in [5.41, 5.74) is 0. The van der Waals surface area contributed by atoms with Crippen LogP contribution in [0.4, 0.5) is 0 Å². The smallest absolute Gasteiger partial charge is 0.301 e. The lowest BCUT2D eigenvalue weighted by Gasteiger charge is -2.16. The van der Waals surface area contributed by atoms with Crippen LogP contribution in [-0.2, 0) is 14.3 Å². The predicted molar refractivity (Wildman–Crippen MR) is 65.2 cm³/mol. The highest BCUT2D eigenvalue weighted by Gasteiger charge is 2.37. The molecule has 0 amide bonds. The molecule has 0 spiro atoms. The van der Waals surface area contributed by atoms with Crippen LogP contribution in [0.15, 0.2) is 23.1 Å². The van der Waals surface area contributed by atoms with Gasteiger partial charge in [0.25, 0.3) is 0 Å². The van der Waals surface area contributed by atoms with E-state index in [4.69, 9.17) is 13.7 Å². The van der Waals surface area contributed by atoms with E-state index in [1.807, 2.05) is 0 Å². The van der Waals surface area contributed by atoms with Crippen LogP contribution in [0.1, 0.15) is 27.7 Å². The Morgan fingerprint density at radius 2 is 1.89 bits per heavy atom. The lowest BCUT2D eigenvalue weighted by Crippen LogP contribution is -2.30. The molecule has 0 aliphatic carbocycles. The Hall–Kier alpha value is -1.27. The van der Waals surface area contributed by atoms with Gasteiger partial charge in [-0.25, -0.2) is 0 Å². The molecule has 5 nitrogen and oxygen atoms in total. The summed E-state index contributed by atoms with van der Waals surface area (Å²) in [6, 6.07) is 4.71. The van der Waals surface area contributed by atoms with Crippen LogP contribution in [0.3, 0.4) is 0 Å². The van der Waals surface area contributed by atoms with Gasteiger partial charge in [0.15, 0.2) is 11.5 Å². The van der Waals surface area contributed by atoms with Gasteiger partial charge in [-0.2, -0.15) is 8.42 Å². The summed E-state index contributed by atoms with van der Waals surface area (Å²) < 4.78 is 40.1. The summed E-state index contributed by atoms with van der Waals surface area (Å²) in [7, 11) is -3.84. The largest absolute Gasteiger partial charge is 0.449 e. The average molecular weight is 272 g/mol. The van der Waals surface area contributed by atoms with Gasteiger partial charge in [0.05, 0.1) is 6.10 Å². The topological polar surface area (TPSA) is 61.8 Å². The molecule has 1 aromatic carbocycles. The van der Waals surface area contributed by atoms with E-state index < -0.39 is 22.0 Å². The van der Waals surface area contributed by atoms with Crippen LogP contribution >= 0.6 is 0 Å². The number of hydrogen-bond donors (Lipinski definition) is 0. The van der Waals surface area contributed by atoms with Gasteiger partial charge in [-0.15, -0.1) is 0 Å². The lowest BCUT2D eigenvalue weighted by molar-refractivity contribution is -0.0442. The van der Waals surface area contributed by atoms with Crippen LogP contribution < -0.4 is 9.47 Å². The zero-order valence-electron chi connectivity index (χ0n) is 10.8. The van der Waals surface area contributed by atoms with E-state index in [1.54, 1.807) is 39.8 Å². The number of benzene rings is 1. The van der Waals surface area contributed by atoms with Crippen LogP contribution in [-0.4, -0.2) is 20.3 Å². The van der Waals surface area contributed by atoms with Crippen molar-refractivity contribution in [3.05, 3.63) is 18.2 Å². The molecule has 0 aromatic heterocycles. The fourth-order valence-corrected chi connectivity index (χ4v) is 2.94. The number of fused-ring (bicyclic) bond motifs is 1. The monoisotopic (exact) mass is 272 g/mol. The first-order chi connectivity index (χ1) is 8.21. The predicted octanol–water partition coefficient (Wildman–Crippen LogP) is 2.31. The van der Waals surface area contributed by atoms with E-state index >= 15 is 0 Å². The van der Waals surface area contributed by atoms with E-state index in [2.05, 4.69) is 0 Å². The third-order valence-corrected chi connectivity index (χ3v) is 3.73. The second kappa shape index (κ2) is 4.13. The maximum atomic E-state index is 12.1. The van der Waals surface area contributed by atoms with Gasteiger partial charge < -0.3 is 9.47 Å². The second-order valence-electron chi connectivity index (χ2n) is 4.79. The minimum atomic E-state index is -3.84. The first-order valence-electron chi connectivity index (χ1n) is 5.66. The number of rotatable bonds is 3. The van der Waals surface area contributed by atoms with Crippen molar-refractivity contribution >= 4 is 10.1 Å². The molecule has 2 rings (SSSR count). The van der Waals surface area contributed by atoms with Crippen molar-refractivity contribution < 1.29 is 22.1 Å². The average Bonchev–Trinajstić information content (AvgIpc) is 2.48. The molecule has 0 radical (unpaired) electrons. The molecule has 1 aliphatic rings. The molecule has 1 aromatic rings. The molecule has 0 saturated heterocycles. The third kappa shape index (κ3) is 2.44. The van der Waals surface area contributed by atoms with Crippen molar-refractivity contribution in [2.24, 2.45) is 0 Å². The van der Waals surface area contributed by atoms with Crippen LogP contribution in [0, 0.1) is 0 Å². The maximum absolute atomic E-state index is 12.1. The second-order valence-corrected chi connectivity index (χ2v) is 6.33. The first kappa shape index (κ1) is 13.2. The van der Waals surface area contributed by atoms with Gasteiger partial charge in [0.1, 0.15) is 4.90 Å². The zero-order chi connectivity index (χ0) is 13.6. The summed E-state index contributed by atoms with van der Waals surface area (Å²) in [5, 5.41) is 0. The molecule has 1 aliphatic heterocycles. The Morgan fingerprint density at radius 1 is 1.22 bits per heavy atom. The lowest BCUT2D eigenvalue weighted by atomic mass is 10.3. The summed E-state index contributed by atoms with van der Waals surface area (Å²) in [4.78, 5) is -0.000671. The third-order valence-electron chi connectivity index (χ3n) is 2.23. The molecule has 100 valence electrons. The van der Waals surface area contributed by atoms with Gasteiger partial charge >= 0.3 is 10.1 Å². The van der Waals surface area contributed by atoms with E-state index in [1.165, 1.54) is 6.07 Å². The molecule has 0 unspecified atom stereocenters. The van der Waals surface area contributed by atoms with Gasteiger partial charge in [0, 0.05) is 13.8 Å². The number of hydrogen-bond acceptors (Lipinski definition) is 5. The molecular formula is C12H16O5S. The van der Waals surface area contributed by atoms with Crippen molar-refractivity contribution in [2.75, 3.05) is 0 Å². The Bertz CT molecular complexity index is 560. The van der Waals surface area contributed by atoms with Crippen molar-refractivity contribution in [1.29, 1.82) is 0 Å². The number of ether oxygens (including phenoxy) is 2. The fourth-order valence-electron chi connectivity index (χ4n) is 1.71. The highest BCUT2D eigenvalue weighted by Crippen LogP contribution is 2.43. The van der Waals surface area contributed by atoms with Crippen LogP contribution in [0.5, 0.6) is 11.5 Å². The fraction of sp³-hybridized carbons (Fsp3) is 0.500. The Balaban J connectivity index is 2.47. The quantitative estimate of drug-likeness (QED) is 0.790. The van der Waals surface area contributed by atoms with Crippen molar-refractivity contribution in [1.82, 2.24) is 0 Å². The summed E-state index contributed by atoms with van der Waals surface area (Å²) >= 11 is 0. The normalized spacial score (nSPS) is 17.2. The molecular weight excluding hydrogens is 256 g/mol. The van der Waals surface area contributed by atoms with Crippen LogP contribution in [0.2, 0.25) is 0 Å². The standard InChI is InChI=1S/C12H16O5S/c1-8(2)17-18(13,14)10-7-5-6-9-11(10)16-12(3,4)15-9/h5-8H,1-4H3. The van der Waals surface area contributed by atoms with Crippen molar-refractivity contribution in [3.8, 4) is 11.5 Å². The van der Waals surface area contributed by atoms with Crippen molar-refractivity contribution in [3.63, 3.8) is 0 Å². The van der Waals surface area contributed by atoms with E-state index in [-0.39, 0.29) is 10.6 Å². The van der Waals surface area contributed by atoms with Crippen molar-refractivity contribution in [2.45, 2.75) is 44.5 Å². The molecule has 0 saturated carbocycles. The van der Waals surface area contributed by atoms with Gasteiger partial charge in [0.2, 0.25) is 5.79 Å². The molecule has 0 bridgehead atoms. The molecule has 6 heteroatoms. The summed E-state index contributed by atoms with van der Waals surface area (Å²) in [6.45, 7) is 6.74. The van der Waals surface area contributed by atoms with Crippen LogP contribution in [0.25, 0.3) is 0 Å². The minimum Gasteiger partial charge on any atom is -0.449 e. The molecule has 0 fully saturated rings. The first-order valence-corrected chi connectivity index (χ1v) is 7.06. The SMILES string of the molecule is CC(C)OS(=O)(=O)c1cccc2c1OC(C)(C)O2. The van der Waals surface area contributed by atoms with E-state index in [9.17, 15) is 8.42 Å². The van der Waals surface area contributed by atoms with E-state index in [0.717, 1.165) is 0 Å². The Labute approximate surface area is 107 Å². The van der Waals surface area contributed by atoms with Gasteiger partial charge in [-0.05, 0) is 26.0 Å². The van der Waals surface area contributed by atoms with E-state index in [0.29, 0.717) is 5.75 Å².